The van der Waals surface area contributed by atoms with Crippen molar-refractivity contribution in [3.05, 3.63) is 41.5 Å². The van der Waals surface area contributed by atoms with Gasteiger partial charge in [0.15, 0.2) is 23.0 Å². The fourth-order valence-corrected chi connectivity index (χ4v) is 2.77. The summed E-state index contributed by atoms with van der Waals surface area (Å²) in [7, 11) is 6.20. The normalized spacial score (nSPS) is 10.5. The molecule has 2 aromatic rings. The van der Waals surface area contributed by atoms with E-state index in [1.807, 2.05) is 18.2 Å². The van der Waals surface area contributed by atoms with Crippen LogP contribution in [0.3, 0.4) is 0 Å². The van der Waals surface area contributed by atoms with Crippen LogP contribution in [0, 0.1) is 0 Å². The van der Waals surface area contributed by atoms with E-state index in [9.17, 15) is 4.79 Å². The Balaban J connectivity index is 2.21. The third-order valence-corrected chi connectivity index (χ3v) is 4.40. The summed E-state index contributed by atoms with van der Waals surface area (Å²) in [5.41, 5.74) is 1.95. The average molecular weight is 429 g/mol. The molecule has 28 heavy (non-hydrogen) atoms. The minimum absolute atomic E-state index is 0.265. The lowest BCUT2D eigenvalue weighted by atomic mass is 10.0. The molecule has 0 radical (unpaired) electrons. The first kappa shape index (κ1) is 22.0. The molecule has 0 unspecified atom stereocenters. The Bertz CT molecular complexity index is 797. The van der Waals surface area contributed by atoms with Crippen LogP contribution in [-0.2, 0) is 17.6 Å². The molecule has 0 atom stereocenters. The smallest absolute Gasteiger partial charge is 0.344 e. The van der Waals surface area contributed by atoms with Gasteiger partial charge in [-0.05, 0) is 48.2 Å². The first-order valence-corrected chi connectivity index (χ1v) is 9.26. The topological polar surface area (TPSA) is 63.2 Å². The van der Waals surface area contributed by atoms with Crippen molar-refractivity contribution < 1.29 is 28.5 Å². The molecule has 2 aromatic carbocycles. The number of esters is 1. The number of carbonyl (C=O) groups is 1. The zero-order valence-electron chi connectivity index (χ0n) is 16.1. The summed E-state index contributed by atoms with van der Waals surface area (Å²) in [6.45, 7) is 0. The van der Waals surface area contributed by atoms with Crippen molar-refractivity contribution in [1.29, 1.82) is 0 Å². The van der Waals surface area contributed by atoms with Crippen molar-refractivity contribution in [2.45, 2.75) is 17.7 Å². The van der Waals surface area contributed by atoms with E-state index in [4.69, 9.17) is 46.9 Å². The van der Waals surface area contributed by atoms with E-state index in [2.05, 4.69) is 0 Å². The van der Waals surface area contributed by atoms with Crippen LogP contribution in [0.15, 0.2) is 30.3 Å². The standard InChI is InChI=1S/C20H22Cl2O6/c1-24-14-8-7-12(9-15(14)28-20(23)19(21)22)5-6-13-10-16(25-2)18(27-4)17(11-13)26-3/h7-11,19H,5-6H2,1-4H3. The number of hydrogen-bond donors (Lipinski definition) is 0. The summed E-state index contributed by atoms with van der Waals surface area (Å²) in [4.78, 5) is 10.4. The summed E-state index contributed by atoms with van der Waals surface area (Å²) < 4.78 is 26.5. The molecule has 0 aromatic heterocycles. The van der Waals surface area contributed by atoms with Gasteiger partial charge in [0.05, 0.1) is 28.4 Å². The Labute approximate surface area is 174 Å². The van der Waals surface area contributed by atoms with Crippen molar-refractivity contribution in [2.75, 3.05) is 28.4 Å². The van der Waals surface area contributed by atoms with E-state index in [1.165, 1.54) is 7.11 Å². The second-order valence-electron chi connectivity index (χ2n) is 5.74. The first-order chi connectivity index (χ1) is 13.4. The maximum atomic E-state index is 11.7. The fourth-order valence-electron chi connectivity index (χ4n) is 2.68. The highest BCUT2D eigenvalue weighted by molar-refractivity contribution is 6.53. The van der Waals surface area contributed by atoms with E-state index < -0.39 is 10.8 Å². The van der Waals surface area contributed by atoms with E-state index in [0.717, 1.165) is 11.1 Å². The number of rotatable bonds is 9. The Morgan fingerprint density at radius 2 is 1.32 bits per heavy atom. The number of halogens is 2. The monoisotopic (exact) mass is 428 g/mol. The number of alkyl halides is 2. The number of aryl methyl sites for hydroxylation is 2. The predicted octanol–water partition coefficient (Wildman–Crippen LogP) is 4.22. The van der Waals surface area contributed by atoms with Crippen LogP contribution in [0.4, 0.5) is 0 Å². The molecule has 0 aliphatic rings. The zero-order chi connectivity index (χ0) is 20.7. The van der Waals surface area contributed by atoms with Gasteiger partial charge in [-0.15, -0.1) is 0 Å². The molecule has 6 nitrogen and oxygen atoms in total. The Kier molecular flexibility index (Phi) is 8.08. The third-order valence-electron chi connectivity index (χ3n) is 4.04. The molecule has 0 saturated carbocycles. The van der Waals surface area contributed by atoms with Gasteiger partial charge in [0.25, 0.3) is 0 Å². The van der Waals surface area contributed by atoms with Gasteiger partial charge in [-0.2, -0.15) is 0 Å². The maximum Gasteiger partial charge on any atom is 0.344 e. The van der Waals surface area contributed by atoms with E-state index in [1.54, 1.807) is 33.5 Å². The second-order valence-corrected chi connectivity index (χ2v) is 6.84. The molecule has 0 bridgehead atoms. The third kappa shape index (κ3) is 5.36. The first-order valence-electron chi connectivity index (χ1n) is 8.39. The van der Waals surface area contributed by atoms with Gasteiger partial charge in [0.1, 0.15) is 0 Å². The molecule has 152 valence electrons. The molecule has 0 N–H and O–H groups in total. The average Bonchev–Trinajstić information content (AvgIpc) is 2.71. The number of ether oxygens (including phenoxy) is 5. The highest BCUT2D eigenvalue weighted by Crippen LogP contribution is 2.38. The molecule has 2 rings (SSSR count). The highest BCUT2D eigenvalue weighted by atomic mass is 35.5. The second kappa shape index (κ2) is 10.3. The van der Waals surface area contributed by atoms with Crippen LogP contribution in [0.2, 0.25) is 0 Å². The van der Waals surface area contributed by atoms with Crippen LogP contribution in [0.1, 0.15) is 11.1 Å². The lowest BCUT2D eigenvalue weighted by Gasteiger charge is -2.14. The van der Waals surface area contributed by atoms with E-state index in [-0.39, 0.29) is 5.75 Å². The molecular formula is C20H22Cl2O6. The van der Waals surface area contributed by atoms with E-state index in [0.29, 0.717) is 35.8 Å². The van der Waals surface area contributed by atoms with Gasteiger partial charge in [-0.1, -0.05) is 29.3 Å². The van der Waals surface area contributed by atoms with Gasteiger partial charge in [-0.25, -0.2) is 4.79 Å². The lowest BCUT2D eigenvalue weighted by Crippen LogP contribution is -2.16. The van der Waals surface area contributed by atoms with Crippen LogP contribution in [0.25, 0.3) is 0 Å². The molecule has 0 aliphatic heterocycles. The minimum Gasteiger partial charge on any atom is -0.493 e. The summed E-state index contributed by atoms with van der Waals surface area (Å²) in [6.07, 6.45) is 1.38. The Morgan fingerprint density at radius 1 is 0.786 bits per heavy atom. The molecule has 0 saturated heterocycles. The molecule has 0 heterocycles. The largest absolute Gasteiger partial charge is 0.493 e. The number of hydrogen-bond acceptors (Lipinski definition) is 6. The summed E-state index contributed by atoms with van der Waals surface area (Å²) in [5.74, 6) is 1.65. The molecule has 0 fully saturated rings. The lowest BCUT2D eigenvalue weighted by molar-refractivity contribution is -0.132. The van der Waals surface area contributed by atoms with Gasteiger partial charge < -0.3 is 23.7 Å². The molecule has 8 heteroatoms. The van der Waals surface area contributed by atoms with E-state index >= 15 is 0 Å². The van der Waals surface area contributed by atoms with Crippen molar-refractivity contribution in [2.24, 2.45) is 0 Å². The molecule has 0 aliphatic carbocycles. The van der Waals surface area contributed by atoms with Gasteiger partial charge >= 0.3 is 5.97 Å². The van der Waals surface area contributed by atoms with Crippen molar-refractivity contribution >= 4 is 29.2 Å². The number of benzene rings is 2. The highest BCUT2D eigenvalue weighted by Gasteiger charge is 2.18. The number of methoxy groups -OCH3 is 4. The van der Waals surface area contributed by atoms with Crippen LogP contribution in [-0.4, -0.2) is 39.2 Å². The van der Waals surface area contributed by atoms with Crippen LogP contribution in [0.5, 0.6) is 28.7 Å². The number of carbonyl (C=O) groups excluding carboxylic acids is 1. The quantitative estimate of drug-likeness (QED) is 0.338. The molecule has 0 amide bonds. The molecule has 0 spiro atoms. The fraction of sp³-hybridized carbons (Fsp3) is 0.350. The van der Waals surface area contributed by atoms with Gasteiger partial charge in [0, 0.05) is 0 Å². The van der Waals surface area contributed by atoms with Crippen LogP contribution < -0.4 is 23.7 Å². The van der Waals surface area contributed by atoms with Crippen molar-refractivity contribution in [3.8, 4) is 28.7 Å². The van der Waals surface area contributed by atoms with Crippen LogP contribution >= 0.6 is 23.2 Å². The Morgan fingerprint density at radius 3 is 1.82 bits per heavy atom. The SMILES string of the molecule is COc1ccc(CCc2cc(OC)c(OC)c(OC)c2)cc1OC(=O)C(Cl)Cl. The summed E-state index contributed by atoms with van der Waals surface area (Å²) >= 11 is 11.1. The zero-order valence-corrected chi connectivity index (χ0v) is 17.6. The van der Waals surface area contributed by atoms with Crippen molar-refractivity contribution in [1.82, 2.24) is 0 Å². The minimum atomic E-state index is -1.27. The predicted molar refractivity (Wildman–Crippen MR) is 108 cm³/mol. The summed E-state index contributed by atoms with van der Waals surface area (Å²) in [5, 5.41) is 0. The van der Waals surface area contributed by atoms with Crippen molar-refractivity contribution in [3.63, 3.8) is 0 Å². The van der Waals surface area contributed by atoms with Gasteiger partial charge in [0.2, 0.25) is 10.6 Å². The summed E-state index contributed by atoms with van der Waals surface area (Å²) in [6, 6.07) is 9.15. The Hall–Kier alpha value is -2.31. The van der Waals surface area contributed by atoms with Gasteiger partial charge in [-0.3, -0.25) is 0 Å². The maximum absolute atomic E-state index is 11.7. The molecular weight excluding hydrogens is 407 g/mol.